The normalized spacial score (nSPS) is 26.2. The van der Waals surface area contributed by atoms with Gasteiger partial charge in [0.05, 0.1) is 11.0 Å². The zero-order valence-corrected chi connectivity index (χ0v) is 14.8. The fourth-order valence-electron chi connectivity index (χ4n) is 3.44. The van der Waals surface area contributed by atoms with E-state index in [1.807, 2.05) is 6.07 Å². The van der Waals surface area contributed by atoms with Crippen LogP contribution in [0.2, 0.25) is 5.02 Å². The highest BCUT2D eigenvalue weighted by atomic mass is 35.5. The summed E-state index contributed by atoms with van der Waals surface area (Å²) in [5.74, 6) is 0.232. The highest BCUT2D eigenvalue weighted by Gasteiger charge is 2.72. The largest absolute Gasteiger partial charge is 0.454 e. The molecule has 0 bridgehead atoms. The van der Waals surface area contributed by atoms with Crippen LogP contribution in [0.4, 0.5) is 0 Å². The van der Waals surface area contributed by atoms with Crippen LogP contribution in [0.5, 0.6) is 11.5 Å². The molecule has 0 N–H and O–H groups in total. The van der Waals surface area contributed by atoms with Gasteiger partial charge in [0.15, 0.2) is 21.3 Å². The summed E-state index contributed by atoms with van der Waals surface area (Å²) in [6.07, 6.45) is 0.431. The predicted octanol–water partition coefficient (Wildman–Crippen LogP) is 2.72. The van der Waals surface area contributed by atoms with Crippen molar-refractivity contribution < 1.29 is 22.7 Å². The predicted molar refractivity (Wildman–Crippen MR) is 91.8 cm³/mol. The van der Waals surface area contributed by atoms with E-state index < -0.39 is 26.4 Å². The monoisotopic (exact) mass is 389 g/mol. The van der Waals surface area contributed by atoms with Crippen LogP contribution in [0.1, 0.15) is 11.5 Å². The van der Waals surface area contributed by atoms with Crippen LogP contribution in [-0.4, -0.2) is 26.7 Å². The van der Waals surface area contributed by atoms with Gasteiger partial charge in [0.2, 0.25) is 6.79 Å². The first-order valence-corrected chi connectivity index (χ1v) is 9.63. The van der Waals surface area contributed by atoms with E-state index in [0.29, 0.717) is 28.4 Å². The number of halogens is 1. The van der Waals surface area contributed by atoms with Crippen LogP contribution in [0.3, 0.4) is 0 Å². The Labute approximate surface area is 154 Å². The van der Waals surface area contributed by atoms with Gasteiger partial charge in [0.1, 0.15) is 17.0 Å². The Morgan fingerprint density at radius 3 is 2.50 bits per heavy atom. The molecule has 2 aliphatic rings. The van der Waals surface area contributed by atoms with E-state index in [-0.39, 0.29) is 11.7 Å². The smallest absolute Gasteiger partial charge is 0.231 e. The summed E-state index contributed by atoms with van der Waals surface area (Å²) in [5, 5.41) is 8.81. The molecule has 8 heteroatoms. The molecule has 4 rings (SSSR count). The van der Waals surface area contributed by atoms with E-state index in [0.717, 1.165) is 0 Å². The van der Waals surface area contributed by atoms with Crippen molar-refractivity contribution in [1.82, 2.24) is 0 Å². The van der Waals surface area contributed by atoms with Crippen molar-refractivity contribution >= 4 is 27.7 Å². The number of carbonyl (C=O) groups is 1. The number of sulfone groups is 1. The molecule has 6 nitrogen and oxygen atoms in total. The highest BCUT2D eigenvalue weighted by Crippen LogP contribution is 2.63. The molecule has 1 saturated carbocycles. The van der Waals surface area contributed by atoms with Gasteiger partial charge < -0.3 is 14.3 Å². The van der Waals surface area contributed by atoms with Crippen molar-refractivity contribution in [2.24, 2.45) is 5.41 Å². The van der Waals surface area contributed by atoms with Gasteiger partial charge in [0.25, 0.3) is 0 Å². The Kier molecular flexibility index (Phi) is 3.72. The zero-order chi connectivity index (χ0) is 18.5. The third-order valence-corrected chi connectivity index (χ3v) is 7.31. The van der Waals surface area contributed by atoms with Gasteiger partial charge in [-0.2, -0.15) is 5.26 Å². The number of nitrogens with zero attached hydrogens (tertiary/aromatic N) is 1. The number of fused-ring (bicyclic) bond motifs is 1. The van der Waals surface area contributed by atoms with Gasteiger partial charge in [-0.15, -0.1) is 0 Å². The molecule has 1 heterocycles. The van der Waals surface area contributed by atoms with Crippen LogP contribution >= 0.6 is 11.6 Å². The summed E-state index contributed by atoms with van der Waals surface area (Å²) >= 11 is 5.82. The minimum absolute atomic E-state index is 0.0246. The molecule has 1 aliphatic carbocycles. The molecule has 2 aromatic carbocycles. The second kappa shape index (κ2) is 5.73. The lowest BCUT2D eigenvalue weighted by Crippen LogP contribution is -2.16. The van der Waals surface area contributed by atoms with Crippen LogP contribution in [0.25, 0.3) is 0 Å². The number of hydrogen-bond donors (Lipinski definition) is 0. The van der Waals surface area contributed by atoms with Gasteiger partial charge in [-0.3, -0.25) is 0 Å². The second-order valence-electron chi connectivity index (χ2n) is 6.17. The van der Waals surface area contributed by atoms with Gasteiger partial charge in [-0.1, -0.05) is 17.7 Å². The molecule has 1 aliphatic heterocycles. The average molecular weight is 390 g/mol. The minimum Gasteiger partial charge on any atom is -0.454 e. The van der Waals surface area contributed by atoms with Crippen LogP contribution in [0, 0.1) is 16.7 Å². The van der Waals surface area contributed by atoms with Crippen molar-refractivity contribution in [1.29, 1.82) is 5.26 Å². The molecule has 0 radical (unpaired) electrons. The minimum atomic E-state index is -3.91. The first-order chi connectivity index (χ1) is 12.4. The lowest BCUT2D eigenvalue weighted by atomic mass is 10.0. The van der Waals surface area contributed by atoms with E-state index >= 15 is 0 Å². The third kappa shape index (κ3) is 2.30. The highest BCUT2D eigenvalue weighted by molar-refractivity contribution is 7.92. The van der Waals surface area contributed by atoms with Crippen molar-refractivity contribution in [2.75, 3.05) is 6.79 Å². The first kappa shape index (κ1) is 16.9. The maximum absolute atomic E-state index is 13.0. The average Bonchev–Trinajstić information content (AvgIpc) is 3.12. The summed E-state index contributed by atoms with van der Waals surface area (Å²) in [6, 6.07) is 12.5. The number of hydrogen-bond acceptors (Lipinski definition) is 6. The fraction of sp³-hybridized carbons (Fsp3) is 0.222. The Bertz CT molecular complexity index is 1040. The summed E-state index contributed by atoms with van der Waals surface area (Å²) < 4.78 is 36.7. The zero-order valence-electron chi connectivity index (χ0n) is 13.3. The van der Waals surface area contributed by atoms with Crippen LogP contribution in [0.15, 0.2) is 47.4 Å². The van der Waals surface area contributed by atoms with Crippen molar-refractivity contribution in [3.8, 4) is 17.6 Å². The summed E-state index contributed by atoms with van der Waals surface area (Å²) in [5.41, 5.74) is -1.09. The van der Waals surface area contributed by atoms with Crippen molar-refractivity contribution in [2.45, 2.75) is 16.1 Å². The number of benzene rings is 2. The number of ether oxygens (including phenoxy) is 2. The number of rotatable bonds is 4. The molecule has 0 spiro atoms. The SMILES string of the molecule is N#C[C@@]1(C=O)[C@H](S(=O)(=O)c2ccc(Cl)cc2)[C@@H]1c1ccc2c(c1)OCO2. The molecule has 132 valence electrons. The van der Waals surface area contributed by atoms with E-state index in [9.17, 15) is 18.5 Å². The molecule has 26 heavy (non-hydrogen) atoms. The number of aldehydes is 1. The lowest BCUT2D eigenvalue weighted by Gasteiger charge is -2.05. The van der Waals surface area contributed by atoms with Crippen LogP contribution < -0.4 is 9.47 Å². The summed E-state index contributed by atoms with van der Waals surface area (Å²) in [6.45, 7) is 0.0764. The van der Waals surface area contributed by atoms with Crippen LogP contribution in [-0.2, 0) is 14.6 Å². The fourth-order valence-corrected chi connectivity index (χ4v) is 5.80. The third-order valence-electron chi connectivity index (χ3n) is 4.80. The van der Waals surface area contributed by atoms with Gasteiger partial charge in [0, 0.05) is 10.9 Å². The summed E-state index contributed by atoms with van der Waals surface area (Å²) in [4.78, 5) is 11.7. The quantitative estimate of drug-likeness (QED) is 0.746. The maximum atomic E-state index is 13.0. The van der Waals surface area contributed by atoms with E-state index in [2.05, 4.69) is 0 Å². The standard InChI is InChI=1S/C18H12ClNO5S/c19-12-2-4-13(5-3-12)26(22,23)17-16(18(17,8-20)9-21)11-1-6-14-15(7-11)25-10-24-14/h1-7,9,16-17H,10H2/t16-,17+,18-/m0/s1. The van der Waals surface area contributed by atoms with Gasteiger partial charge in [-0.25, -0.2) is 8.42 Å². The molecular formula is C18H12ClNO5S. The Balaban J connectivity index is 1.79. The number of carbonyl (C=O) groups excluding carboxylic acids is 1. The Morgan fingerprint density at radius 2 is 1.85 bits per heavy atom. The summed E-state index contributed by atoms with van der Waals surface area (Å²) in [7, 11) is -3.91. The van der Waals surface area contributed by atoms with Gasteiger partial charge >= 0.3 is 0 Å². The maximum Gasteiger partial charge on any atom is 0.231 e. The molecule has 0 saturated heterocycles. The van der Waals surface area contributed by atoms with E-state index in [4.69, 9.17) is 21.1 Å². The lowest BCUT2D eigenvalue weighted by molar-refractivity contribution is -0.110. The molecule has 0 amide bonds. The Morgan fingerprint density at radius 1 is 1.15 bits per heavy atom. The molecule has 0 unspecified atom stereocenters. The topological polar surface area (TPSA) is 93.5 Å². The molecule has 2 aromatic rings. The van der Waals surface area contributed by atoms with E-state index in [1.54, 1.807) is 18.2 Å². The van der Waals surface area contributed by atoms with E-state index in [1.165, 1.54) is 24.3 Å². The Hall–Kier alpha value is -2.56. The molecule has 1 fully saturated rings. The van der Waals surface area contributed by atoms with Crippen molar-refractivity contribution in [3.05, 3.63) is 53.1 Å². The second-order valence-corrected chi connectivity index (χ2v) is 8.68. The van der Waals surface area contributed by atoms with Crippen molar-refractivity contribution in [3.63, 3.8) is 0 Å². The molecule has 3 atom stereocenters. The first-order valence-electron chi connectivity index (χ1n) is 7.70. The molecular weight excluding hydrogens is 378 g/mol. The van der Waals surface area contributed by atoms with Gasteiger partial charge in [-0.05, 0) is 42.0 Å². The molecule has 0 aromatic heterocycles. The number of nitriles is 1.